The quantitative estimate of drug-likeness (QED) is 0.0646. The molecule has 1 aliphatic carbocycles. The van der Waals surface area contributed by atoms with E-state index in [4.69, 9.17) is 11.5 Å². The summed E-state index contributed by atoms with van der Waals surface area (Å²) in [6.45, 7) is 1.11. The topological polar surface area (TPSA) is 392 Å². The van der Waals surface area contributed by atoms with Crippen LogP contribution in [0.4, 0.5) is 13.2 Å². The number of benzene rings is 4. The molecule has 9 amide bonds. The third kappa shape index (κ3) is 20.7. The number of carboxylic acid groups (broad SMARTS) is 1. The van der Waals surface area contributed by atoms with Crippen LogP contribution in [0.1, 0.15) is 104 Å². The number of nitrogens with one attached hydrogen (secondary N) is 9. The minimum absolute atomic E-state index is 0.00469. The van der Waals surface area contributed by atoms with Gasteiger partial charge in [0.2, 0.25) is 53.2 Å². The fraction of sp³-hybridized carbons (Fsp3) is 0.408. The minimum Gasteiger partial charge on any atom is -0.481 e. The van der Waals surface area contributed by atoms with Gasteiger partial charge >= 0.3 is 5.97 Å². The number of primary amides is 1. The molecule has 0 radical (unpaired) electrons. The average Bonchev–Trinajstić information content (AvgIpc) is 1.69. The number of halogens is 3. The predicted molar refractivity (Wildman–Crippen MR) is 372 cm³/mol. The van der Waals surface area contributed by atoms with Crippen molar-refractivity contribution in [2.75, 3.05) is 31.1 Å². The Balaban J connectivity index is 1.06. The van der Waals surface area contributed by atoms with Gasteiger partial charge in [0, 0.05) is 97.1 Å². The smallest absolute Gasteiger partial charge is 0.305 e. The highest BCUT2D eigenvalue weighted by molar-refractivity contribution is 7.98. The third-order valence-electron chi connectivity index (χ3n) is 18.2. The second-order valence-electron chi connectivity index (χ2n) is 25.5. The summed E-state index contributed by atoms with van der Waals surface area (Å²) in [6.07, 6.45) is 4.42. The van der Waals surface area contributed by atoms with E-state index < -0.39 is 162 Å². The number of imidazole rings is 1. The number of unbranched alkanes of at least 4 members (excludes halogenated alkanes) is 1. The van der Waals surface area contributed by atoms with Crippen LogP contribution in [0, 0.1) is 23.4 Å². The molecule has 6 aromatic rings. The first-order valence-electron chi connectivity index (χ1n) is 33.3. The number of aromatic amines is 2. The summed E-state index contributed by atoms with van der Waals surface area (Å²) < 4.78 is 45.5. The van der Waals surface area contributed by atoms with Crippen molar-refractivity contribution in [1.82, 2.24) is 57.1 Å². The highest BCUT2D eigenvalue weighted by atomic mass is 32.2. The van der Waals surface area contributed by atoms with Gasteiger partial charge in [-0.05, 0) is 127 Å². The Hall–Kier alpha value is -9.81. The van der Waals surface area contributed by atoms with E-state index in [1.54, 1.807) is 13.0 Å². The molecule has 101 heavy (non-hydrogen) atoms. The molecule has 8 atom stereocenters. The number of rotatable bonds is 15. The summed E-state index contributed by atoms with van der Waals surface area (Å²) >= 11 is 2.84. The van der Waals surface area contributed by atoms with E-state index in [0.29, 0.717) is 76.2 Å². The van der Waals surface area contributed by atoms with Crippen LogP contribution in [0.15, 0.2) is 110 Å². The van der Waals surface area contributed by atoms with Gasteiger partial charge < -0.3 is 68.7 Å². The number of fused-ring (bicyclic) bond motifs is 5. The van der Waals surface area contributed by atoms with E-state index in [-0.39, 0.29) is 62.1 Å². The van der Waals surface area contributed by atoms with Crippen molar-refractivity contribution in [1.29, 1.82) is 0 Å². The number of amides is 9. The number of aromatic nitrogens is 3. The molecule has 2 aliphatic heterocycles. The van der Waals surface area contributed by atoms with E-state index in [1.807, 2.05) is 24.3 Å². The largest absolute Gasteiger partial charge is 0.481 e. The van der Waals surface area contributed by atoms with Crippen LogP contribution in [-0.2, 0) is 89.9 Å². The normalized spacial score (nSPS) is 23.2. The zero-order valence-corrected chi connectivity index (χ0v) is 57.1. The van der Waals surface area contributed by atoms with Crippen molar-refractivity contribution in [3.05, 3.63) is 166 Å². The van der Waals surface area contributed by atoms with Gasteiger partial charge in [0.1, 0.15) is 53.7 Å². The zero-order chi connectivity index (χ0) is 72.3. The molecule has 9 rings (SSSR count). The fourth-order valence-corrected chi connectivity index (χ4v) is 14.6. The Morgan fingerprint density at radius 1 is 0.693 bits per heavy atom. The van der Waals surface area contributed by atoms with E-state index in [0.717, 1.165) is 17.2 Å². The number of ketones is 1. The lowest BCUT2D eigenvalue weighted by molar-refractivity contribution is -0.146. The highest BCUT2D eigenvalue weighted by Crippen LogP contribution is 2.35. The highest BCUT2D eigenvalue weighted by Gasteiger charge is 2.48. The van der Waals surface area contributed by atoms with Gasteiger partial charge in [0.25, 0.3) is 0 Å². The third-order valence-corrected chi connectivity index (χ3v) is 20.4. The van der Waals surface area contributed by atoms with Crippen LogP contribution >= 0.6 is 23.5 Å². The summed E-state index contributed by atoms with van der Waals surface area (Å²) in [7, 11) is 0. The molecule has 30 heteroatoms. The number of hydrogen-bond acceptors (Lipinski definition) is 15. The Labute approximate surface area is 588 Å². The number of nitrogens with two attached hydrogens (primary N) is 2. The predicted octanol–water partition coefficient (Wildman–Crippen LogP) is 4.01. The van der Waals surface area contributed by atoms with E-state index in [2.05, 4.69) is 52.2 Å². The van der Waals surface area contributed by atoms with E-state index >= 15 is 23.6 Å². The average molecular weight is 1430 g/mol. The molecule has 0 unspecified atom stereocenters. The van der Waals surface area contributed by atoms with Gasteiger partial charge in [-0.3, -0.25) is 52.7 Å². The van der Waals surface area contributed by atoms with Crippen molar-refractivity contribution < 1.29 is 71.0 Å². The second-order valence-corrected chi connectivity index (χ2v) is 27.7. The van der Waals surface area contributed by atoms with Crippen LogP contribution < -0.4 is 48.7 Å². The van der Waals surface area contributed by atoms with Crippen molar-refractivity contribution in [3.8, 4) is 0 Å². The monoisotopic (exact) mass is 1430 g/mol. The zero-order valence-electron chi connectivity index (χ0n) is 55.5. The lowest BCUT2D eigenvalue weighted by Crippen LogP contribution is -2.61. The Morgan fingerprint density at radius 3 is 2.07 bits per heavy atom. The number of carbonyl (C=O) groups excluding carboxylic acids is 10. The standard InChI is InChI=1S/C71H82F3N13O12S2/c1-71-20-7-22-87(71)70(99)59(26-44-10-2-3-11-52(44)74)86-68(97)57(31-49-34-77-39-80-49)84-69(98)58(32-63(91)92)85-67(96)56(25-43-14-13-42-15-16-47(72)29-50(42)43)83-66(95)55(27-45-33-78-53-18-17-48(73)30-51(45)53)82-62(90)35-79-65(94)54(12-4-5-21-75)81-61(89)19-23-100-36-40-8-6-9-41(24-40)37-101-38-46(64(76)93)28-60(71)88/h2-3,6,8-11,14-18,24,29-30,33-34,39,46,54-59,78H,4-5,7,12-13,19-23,25-28,31-32,35-38,75H2,1H3,(H2,76,93)(H,77,80)(H,79,94)(H,81,89)(H,82,90)(H,83,95)(H,84,98)(H,85,96)(H,86,97)(H,91,92)/t46-,54-,55-,56-,57-,58-,59-,71-/m0/s1. The van der Waals surface area contributed by atoms with Crippen LogP contribution in [0.2, 0.25) is 0 Å². The first kappa shape index (κ1) is 75.4. The molecule has 1 fully saturated rings. The molecule has 0 spiro atoms. The molecule has 0 saturated carbocycles. The Morgan fingerprint density at radius 2 is 1.36 bits per heavy atom. The number of nitrogens with zero attached hydrogens (tertiary/aromatic N) is 2. The SMILES string of the molecule is C[C@@]12CCCN1C(=O)[C@H](Cc1ccccc1F)NC(=O)[C@H](Cc1cnc[nH]1)NC(=O)[C@H](CC(=O)O)NC(=O)[C@H](CC1=CCc3ccc(F)cc31)NC(=O)[C@H](Cc1c[nH]c3ccc(F)cc13)NC(=O)CNC(=O)[C@H](CCCCN)NC(=O)CCSCc1cccc(c1)CSC[C@@H](C(N)=O)CC2=O. The molecule has 2 bridgehead atoms. The van der Waals surface area contributed by atoms with Crippen LogP contribution in [0.5, 0.6) is 0 Å². The maximum Gasteiger partial charge on any atom is 0.305 e. The number of carbonyl (C=O) groups is 11. The molecular weight excluding hydrogens is 1350 g/mol. The maximum absolute atomic E-state index is 15.7. The molecule has 25 nitrogen and oxygen atoms in total. The lowest BCUT2D eigenvalue weighted by Gasteiger charge is -2.37. The molecule has 1 saturated heterocycles. The number of hydrogen-bond donors (Lipinski definition) is 12. The number of carboxylic acids is 1. The van der Waals surface area contributed by atoms with Crippen molar-refractivity contribution >= 4 is 105 Å². The molecular formula is C71H82F3N13O12S2. The van der Waals surface area contributed by atoms with Gasteiger partial charge in [0.15, 0.2) is 5.78 Å². The van der Waals surface area contributed by atoms with Gasteiger partial charge in [-0.1, -0.05) is 54.6 Å². The molecule has 4 heterocycles. The molecule has 2 aromatic heterocycles. The molecule has 14 N–H and O–H groups in total. The molecule has 4 aromatic carbocycles. The van der Waals surface area contributed by atoms with E-state index in [9.17, 15) is 47.4 Å². The van der Waals surface area contributed by atoms with Crippen molar-refractivity contribution in [2.45, 2.75) is 144 Å². The number of Topliss-reactive ketones (excluding diaryl/α,β-unsaturated/α-hetero) is 1. The van der Waals surface area contributed by atoms with Gasteiger partial charge in [-0.25, -0.2) is 18.2 Å². The number of H-pyrrole nitrogens is 2. The Kier molecular flexibility index (Phi) is 26.5. The van der Waals surface area contributed by atoms with Gasteiger partial charge in [0.05, 0.1) is 30.7 Å². The number of allylic oxidation sites excluding steroid dienone is 1. The summed E-state index contributed by atoms with van der Waals surface area (Å²) in [4.78, 5) is 168. The minimum atomic E-state index is -2.05. The first-order chi connectivity index (χ1) is 48.4. The number of aliphatic carboxylic acids is 1. The van der Waals surface area contributed by atoms with Crippen LogP contribution in [0.3, 0.4) is 0 Å². The molecule has 3 aliphatic rings. The van der Waals surface area contributed by atoms with E-state index in [1.165, 1.54) is 102 Å². The van der Waals surface area contributed by atoms with Crippen LogP contribution in [-0.4, -0.2) is 163 Å². The summed E-state index contributed by atoms with van der Waals surface area (Å²) in [5.41, 5.74) is 14.4. The van der Waals surface area contributed by atoms with Crippen LogP contribution in [0.25, 0.3) is 16.5 Å². The second kappa shape index (κ2) is 35.5. The lowest BCUT2D eigenvalue weighted by atomic mass is 9.86. The number of thioether (sulfide) groups is 2. The Bertz CT molecular complexity index is 4080. The fourth-order valence-electron chi connectivity index (χ4n) is 12.6. The maximum atomic E-state index is 15.7. The first-order valence-corrected chi connectivity index (χ1v) is 35.6. The van der Waals surface area contributed by atoms with Gasteiger partial charge in [-0.2, -0.15) is 23.5 Å². The van der Waals surface area contributed by atoms with Crippen molar-refractivity contribution in [3.63, 3.8) is 0 Å². The van der Waals surface area contributed by atoms with Crippen molar-refractivity contribution in [2.24, 2.45) is 17.4 Å². The molecule has 536 valence electrons. The summed E-state index contributed by atoms with van der Waals surface area (Å²) in [5, 5.41) is 28.8. The van der Waals surface area contributed by atoms with Gasteiger partial charge in [-0.15, -0.1) is 0 Å². The summed E-state index contributed by atoms with van der Waals surface area (Å²) in [5.74, 6) is -11.9. The summed E-state index contributed by atoms with van der Waals surface area (Å²) in [6, 6.07) is 11.1.